The van der Waals surface area contributed by atoms with Crippen LogP contribution in [-0.2, 0) is 22.1 Å². The molecule has 1 atom stereocenters. The first-order chi connectivity index (χ1) is 14.9. The Balaban J connectivity index is 1.62. The summed E-state index contributed by atoms with van der Waals surface area (Å²) in [6.07, 6.45) is -3.48. The van der Waals surface area contributed by atoms with Gasteiger partial charge in [0.2, 0.25) is 5.91 Å². The second-order valence-electron chi connectivity index (χ2n) is 7.44. The molecule has 1 heterocycles. The van der Waals surface area contributed by atoms with Crippen molar-refractivity contribution in [2.45, 2.75) is 25.1 Å². The number of nitrogens with one attached hydrogen (secondary N) is 1. The van der Waals surface area contributed by atoms with E-state index in [1.807, 2.05) is 24.3 Å². The molecule has 0 aromatic heterocycles. The zero-order valence-electron chi connectivity index (χ0n) is 17.5. The summed E-state index contributed by atoms with van der Waals surface area (Å²) in [6.45, 7) is 2.75. The van der Waals surface area contributed by atoms with Gasteiger partial charge in [0.1, 0.15) is 5.75 Å². The van der Waals surface area contributed by atoms with Crippen LogP contribution < -0.4 is 10.1 Å². The topological polar surface area (TPSA) is 50.8 Å². The molecule has 0 saturated carbocycles. The lowest BCUT2D eigenvalue weighted by Gasteiger charge is -2.35. The molecule has 1 aliphatic heterocycles. The molecule has 1 unspecified atom stereocenters. The van der Waals surface area contributed by atoms with Crippen molar-refractivity contribution in [3.63, 3.8) is 0 Å². The molecule has 2 aromatic rings. The van der Waals surface area contributed by atoms with Gasteiger partial charge in [0.25, 0.3) is 0 Å². The minimum atomic E-state index is -4.37. The average Bonchev–Trinajstić information content (AvgIpc) is 2.78. The van der Waals surface area contributed by atoms with Crippen LogP contribution in [0.2, 0.25) is 0 Å². The zero-order valence-corrected chi connectivity index (χ0v) is 17.5. The summed E-state index contributed by atoms with van der Waals surface area (Å²) in [5.74, 6) is 0.639. The van der Waals surface area contributed by atoms with E-state index in [0.29, 0.717) is 45.7 Å². The van der Waals surface area contributed by atoms with Crippen LogP contribution >= 0.6 is 0 Å². The van der Waals surface area contributed by atoms with Crippen molar-refractivity contribution in [1.82, 2.24) is 10.2 Å². The molecule has 1 saturated heterocycles. The van der Waals surface area contributed by atoms with Gasteiger partial charge < -0.3 is 14.8 Å². The highest BCUT2D eigenvalue weighted by Crippen LogP contribution is 2.31. The fourth-order valence-electron chi connectivity index (χ4n) is 3.63. The Hall–Kier alpha value is -2.58. The molecular formula is C23H27F3N2O3. The third-order valence-corrected chi connectivity index (χ3v) is 5.38. The lowest BCUT2D eigenvalue weighted by atomic mass is 10.0. The molecule has 31 heavy (non-hydrogen) atoms. The number of morpholine rings is 1. The number of ether oxygens (including phenoxy) is 2. The predicted molar refractivity (Wildman–Crippen MR) is 111 cm³/mol. The van der Waals surface area contributed by atoms with Gasteiger partial charge in [0.15, 0.2) is 0 Å². The molecule has 0 radical (unpaired) electrons. The zero-order chi connectivity index (χ0) is 22.3. The first-order valence-corrected chi connectivity index (χ1v) is 10.3. The summed E-state index contributed by atoms with van der Waals surface area (Å²) in [7, 11) is 1.60. The van der Waals surface area contributed by atoms with Gasteiger partial charge in [-0.2, -0.15) is 13.2 Å². The van der Waals surface area contributed by atoms with Gasteiger partial charge in [0.05, 0.1) is 31.9 Å². The number of amides is 1. The van der Waals surface area contributed by atoms with E-state index in [2.05, 4.69) is 10.2 Å². The van der Waals surface area contributed by atoms with Crippen molar-refractivity contribution in [2.75, 3.05) is 40.0 Å². The van der Waals surface area contributed by atoms with Gasteiger partial charge in [-0.05, 0) is 41.8 Å². The molecule has 8 heteroatoms. The van der Waals surface area contributed by atoms with E-state index in [1.54, 1.807) is 7.11 Å². The minimum absolute atomic E-state index is 0.104. The average molecular weight is 436 g/mol. The van der Waals surface area contributed by atoms with Crippen LogP contribution in [0.4, 0.5) is 13.2 Å². The molecule has 3 rings (SSSR count). The SMILES string of the molecule is COc1cccc(CCC(=O)NCC(c2ccc(C(F)(F)F)cc2)N2CCOCC2)c1. The van der Waals surface area contributed by atoms with E-state index >= 15 is 0 Å². The number of halogens is 3. The first-order valence-electron chi connectivity index (χ1n) is 10.3. The summed E-state index contributed by atoms with van der Waals surface area (Å²) >= 11 is 0. The Morgan fingerprint density at radius 2 is 1.87 bits per heavy atom. The molecule has 5 nitrogen and oxygen atoms in total. The van der Waals surface area contributed by atoms with Gasteiger partial charge in [-0.25, -0.2) is 0 Å². The molecule has 0 bridgehead atoms. The Bertz CT molecular complexity index is 850. The molecule has 1 fully saturated rings. The highest BCUT2D eigenvalue weighted by Gasteiger charge is 2.31. The smallest absolute Gasteiger partial charge is 0.416 e. The summed E-state index contributed by atoms with van der Waals surface area (Å²) in [5, 5.41) is 2.95. The lowest BCUT2D eigenvalue weighted by molar-refractivity contribution is -0.137. The van der Waals surface area contributed by atoms with Crippen molar-refractivity contribution >= 4 is 5.91 Å². The lowest BCUT2D eigenvalue weighted by Crippen LogP contribution is -2.43. The number of alkyl halides is 3. The van der Waals surface area contributed by atoms with E-state index in [1.165, 1.54) is 12.1 Å². The van der Waals surface area contributed by atoms with Crippen molar-refractivity contribution in [3.05, 3.63) is 65.2 Å². The second-order valence-corrected chi connectivity index (χ2v) is 7.44. The molecule has 168 valence electrons. The van der Waals surface area contributed by atoms with Crippen LogP contribution in [0.1, 0.15) is 29.2 Å². The van der Waals surface area contributed by atoms with Crippen molar-refractivity contribution < 1.29 is 27.4 Å². The monoisotopic (exact) mass is 436 g/mol. The maximum atomic E-state index is 12.9. The van der Waals surface area contributed by atoms with Gasteiger partial charge in [-0.15, -0.1) is 0 Å². The van der Waals surface area contributed by atoms with E-state index in [0.717, 1.165) is 29.0 Å². The fourth-order valence-corrected chi connectivity index (χ4v) is 3.63. The van der Waals surface area contributed by atoms with Crippen molar-refractivity contribution in [2.24, 2.45) is 0 Å². The van der Waals surface area contributed by atoms with Crippen molar-refractivity contribution in [3.8, 4) is 5.75 Å². The molecule has 1 aliphatic rings. The Labute approximate surface area is 180 Å². The second kappa shape index (κ2) is 10.6. The third kappa shape index (κ3) is 6.70. The predicted octanol–water partition coefficient (Wildman–Crippen LogP) is 3.84. The number of rotatable bonds is 8. The number of hydrogen-bond donors (Lipinski definition) is 1. The summed E-state index contributed by atoms with van der Waals surface area (Å²) in [4.78, 5) is 14.6. The Morgan fingerprint density at radius 1 is 1.16 bits per heavy atom. The third-order valence-electron chi connectivity index (χ3n) is 5.38. The van der Waals surface area contributed by atoms with Crippen LogP contribution in [0.5, 0.6) is 5.75 Å². The van der Waals surface area contributed by atoms with Gasteiger partial charge >= 0.3 is 6.18 Å². The molecule has 1 amide bonds. The largest absolute Gasteiger partial charge is 0.497 e. The minimum Gasteiger partial charge on any atom is -0.497 e. The van der Waals surface area contributed by atoms with E-state index in [9.17, 15) is 18.0 Å². The molecule has 0 spiro atoms. The molecule has 1 N–H and O–H groups in total. The normalized spacial score (nSPS) is 16.0. The highest BCUT2D eigenvalue weighted by atomic mass is 19.4. The van der Waals surface area contributed by atoms with Crippen LogP contribution in [-0.4, -0.2) is 50.8 Å². The molecule has 0 aliphatic carbocycles. The summed E-state index contributed by atoms with van der Waals surface area (Å²) in [5.41, 5.74) is 1.06. The van der Waals surface area contributed by atoms with Gasteiger partial charge in [-0.3, -0.25) is 9.69 Å². The van der Waals surface area contributed by atoms with E-state index < -0.39 is 11.7 Å². The quantitative estimate of drug-likeness (QED) is 0.683. The maximum absolute atomic E-state index is 12.9. The van der Waals surface area contributed by atoms with Gasteiger partial charge in [0, 0.05) is 26.1 Å². The van der Waals surface area contributed by atoms with Crippen LogP contribution in [0.15, 0.2) is 48.5 Å². The van der Waals surface area contributed by atoms with E-state index in [-0.39, 0.29) is 11.9 Å². The van der Waals surface area contributed by atoms with Crippen LogP contribution in [0, 0.1) is 0 Å². The fraction of sp³-hybridized carbons (Fsp3) is 0.435. The highest BCUT2D eigenvalue weighted by molar-refractivity contribution is 5.76. The van der Waals surface area contributed by atoms with Gasteiger partial charge in [-0.1, -0.05) is 24.3 Å². The number of benzene rings is 2. The molecular weight excluding hydrogens is 409 g/mol. The standard InChI is InChI=1S/C23H27F3N2O3/c1-30-20-4-2-3-17(15-20)5-10-22(29)27-16-21(28-11-13-31-14-12-28)18-6-8-19(9-7-18)23(24,25)26/h2-4,6-9,15,21H,5,10-14,16H2,1H3,(H,27,29). The summed E-state index contributed by atoms with van der Waals surface area (Å²) < 4.78 is 49.3. The van der Waals surface area contributed by atoms with Crippen LogP contribution in [0.3, 0.4) is 0 Å². The number of carbonyl (C=O) groups is 1. The van der Waals surface area contributed by atoms with E-state index in [4.69, 9.17) is 9.47 Å². The molecule has 2 aromatic carbocycles. The number of aryl methyl sites for hydroxylation is 1. The van der Waals surface area contributed by atoms with Crippen LogP contribution in [0.25, 0.3) is 0 Å². The Kier molecular flexibility index (Phi) is 7.92. The first kappa shape index (κ1) is 23.1. The Morgan fingerprint density at radius 3 is 2.52 bits per heavy atom. The van der Waals surface area contributed by atoms with Crippen molar-refractivity contribution in [1.29, 1.82) is 0 Å². The number of carbonyl (C=O) groups excluding carboxylic acids is 1. The summed E-state index contributed by atoms with van der Waals surface area (Å²) in [6, 6.07) is 12.5. The maximum Gasteiger partial charge on any atom is 0.416 e. The number of methoxy groups -OCH3 is 1. The number of hydrogen-bond acceptors (Lipinski definition) is 4. The number of nitrogens with zero attached hydrogens (tertiary/aromatic N) is 1.